The van der Waals surface area contributed by atoms with Gasteiger partial charge in [-0.25, -0.2) is 0 Å². The van der Waals surface area contributed by atoms with Crippen molar-refractivity contribution in [1.82, 2.24) is 5.32 Å². The van der Waals surface area contributed by atoms with Crippen molar-refractivity contribution in [3.8, 4) is 0 Å². The lowest BCUT2D eigenvalue weighted by atomic mass is 9.92. The fourth-order valence-corrected chi connectivity index (χ4v) is 1.75. The highest BCUT2D eigenvalue weighted by Gasteiger charge is 2.12. The van der Waals surface area contributed by atoms with Crippen molar-refractivity contribution in [2.45, 2.75) is 39.7 Å². The van der Waals surface area contributed by atoms with E-state index in [-0.39, 0.29) is 12.6 Å². The lowest BCUT2D eigenvalue weighted by molar-refractivity contribution is 0.235. The SMILES string of the molecule is CC(C)(C)CCNC(CO)Cc1ccccc1. The van der Waals surface area contributed by atoms with Crippen LogP contribution in [0, 0.1) is 5.41 Å². The van der Waals surface area contributed by atoms with Crippen LogP contribution < -0.4 is 5.32 Å². The Hall–Kier alpha value is -0.860. The molecule has 0 bridgehead atoms. The van der Waals surface area contributed by atoms with Gasteiger partial charge in [0.2, 0.25) is 0 Å². The monoisotopic (exact) mass is 235 g/mol. The molecule has 0 fully saturated rings. The summed E-state index contributed by atoms with van der Waals surface area (Å²) in [5, 5.41) is 12.8. The Morgan fingerprint density at radius 2 is 1.82 bits per heavy atom. The first kappa shape index (κ1) is 14.2. The molecule has 1 aromatic carbocycles. The minimum atomic E-state index is 0.166. The first-order valence-electron chi connectivity index (χ1n) is 6.39. The van der Waals surface area contributed by atoms with Gasteiger partial charge in [-0.15, -0.1) is 0 Å². The maximum absolute atomic E-state index is 9.35. The second kappa shape index (κ2) is 6.77. The lowest BCUT2D eigenvalue weighted by Gasteiger charge is -2.21. The van der Waals surface area contributed by atoms with E-state index in [2.05, 4.69) is 38.2 Å². The third kappa shape index (κ3) is 6.44. The fraction of sp³-hybridized carbons (Fsp3) is 0.600. The molecule has 2 N–H and O–H groups in total. The quantitative estimate of drug-likeness (QED) is 0.794. The molecule has 2 nitrogen and oxygen atoms in total. The van der Waals surface area contributed by atoms with Crippen molar-refractivity contribution in [3.05, 3.63) is 35.9 Å². The largest absolute Gasteiger partial charge is 0.395 e. The maximum Gasteiger partial charge on any atom is 0.0587 e. The van der Waals surface area contributed by atoms with Gasteiger partial charge in [-0.05, 0) is 30.4 Å². The number of hydrogen-bond donors (Lipinski definition) is 2. The van der Waals surface area contributed by atoms with E-state index >= 15 is 0 Å². The Morgan fingerprint density at radius 1 is 1.18 bits per heavy atom. The Balaban J connectivity index is 2.34. The molecule has 0 aliphatic heterocycles. The van der Waals surface area contributed by atoms with Gasteiger partial charge in [0, 0.05) is 6.04 Å². The van der Waals surface area contributed by atoms with E-state index in [0.29, 0.717) is 5.41 Å². The Morgan fingerprint density at radius 3 is 2.35 bits per heavy atom. The van der Waals surface area contributed by atoms with Gasteiger partial charge in [0.15, 0.2) is 0 Å². The molecule has 0 aliphatic rings. The second-order valence-corrected chi connectivity index (χ2v) is 5.83. The van der Waals surface area contributed by atoms with E-state index in [1.165, 1.54) is 5.56 Å². The Labute approximate surface area is 105 Å². The van der Waals surface area contributed by atoms with Crippen LogP contribution in [0.15, 0.2) is 30.3 Å². The van der Waals surface area contributed by atoms with Gasteiger partial charge in [-0.2, -0.15) is 0 Å². The molecule has 1 aromatic rings. The smallest absolute Gasteiger partial charge is 0.0587 e. The number of aliphatic hydroxyl groups excluding tert-OH is 1. The highest BCUT2D eigenvalue weighted by Crippen LogP contribution is 2.17. The van der Waals surface area contributed by atoms with Crippen LogP contribution in [0.4, 0.5) is 0 Å². The molecule has 1 atom stereocenters. The third-order valence-electron chi connectivity index (χ3n) is 2.85. The molecule has 0 saturated heterocycles. The molecule has 0 amide bonds. The van der Waals surface area contributed by atoms with E-state index in [1.807, 2.05) is 18.2 Å². The first-order valence-corrected chi connectivity index (χ1v) is 6.39. The summed E-state index contributed by atoms with van der Waals surface area (Å²) in [4.78, 5) is 0. The van der Waals surface area contributed by atoms with Crippen LogP contribution in [0.2, 0.25) is 0 Å². The van der Waals surface area contributed by atoms with Crippen LogP contribution in [0.25, 0.3) is 0 Å². The summed E-state index contributed by atoms with van der Waals surface area (Å²) in [5.74, 6) is 0. The van der Waals surface area contributed by atoms with Gasteiger partial charge in [-0.3, -0.25) is 0 Å². The van der Waals surface area contributed by atoms with E-state index in [1.54, 1.807) is 0 Å². The number of aliphatic hydroxyl groups is 1. The highest BCUT2D eigenvalue weighted by molar-refractivity contribution is 5.15. The van der Waals surface area contributed by atoms with Crippen LogP contribution in [0.1, 0.15) is 32.8 Å². The second-order valence-electron chi connectivity index (χ2n) is 5.83. The summed E-state index contributed by atoms with van der Waals surface area (Å²) >= 11 is 0. The van der Waals surface area contributed by atoms with Gasteiger partial charge in [-0.1, -0.05) is 51.1 Å². The predicted octanol–water partition coefficient (Wildman–Crippen LogP) is 2.62. The fourth-order valence-electron chi connectivity index (χ4n) is 1.75. The van der Waals surface area contributed by atoms with Crippen LogP contribution >= 0.6 is 0 Å². The van der Waals surface area contributed by atoms with E-state index in [0.717, 1.165) is 19.4 Å². The number of hydrogen-bond acceptors (Lipinski definition) is 2. The zero-order chi connectivity index (χ0) is 12.7. The molecule has 0 heterocycles. The zero-order valence-corrected chi connectivity index (χ0v) is 11.2. The topological polar surface area (TPSA) is 32.3 Å². The van der Waals surface area contributed by atoms with Crippen molar-refractivity contribution in [3.63, 3.8) is 0 Å². The van der Waals surface area contributed by atoms with Crippen molar-refractivity contribution in [1.29, 1.82) is 0 Å². The third-order valence-corrected chi connectivity index (χ3v) is 2.85. The number of rotatable bonds is 6. The van der Waals surface area contributed by atoms with Gasteiger partial charge < -0.3 is 10.4 Å². The molecular formula is C15H25NO. The number of nitrogens with one attached hydrogen (secondary N) is 1. The molecular weight excluding hydrogens is 210 g/mol. The molecule has 1 unspecified atom stereocenters. The summed E-state index contributed by atoms with van der Waals surface area (Å²) < 4.78 is 0. The van der Waals surface area contributed by atoms with Gasteiger partial charge in [0.1, 0.15) is 0 Å². The molecule has 0 radical (unpaired) electrons. The van der Waals surface area contributed by atoms with Crippen molar-refractivity contribution >= 4 is 0 Å². The summed E-state index contributed by atoms with van der Waals surface area (Å²) in [6.45, 7) is 7.86. The molecule has 0 saturated carbocycles. The Kier molecular flexibility index (Phi) is 5.66. The van der Waals surface area contributed by atoms with E-state index < -0.39 is 0 Å². The van der Waals surface area contributed by atoms with Crippen molar-refractivity contribution < 1.29 is 5.11 Å². The molecule has 17 heavy (non-hydrogen) atoms. The summed E-state index contributed by atoms with van der Waals surface area (Å²) in [6, 6.07) is 10.5. The Bertz CT molecular complexity index is 302. The van der Waals surface area contributed by atoms with Crippen LogP contribution in [0.3, 0.4) is 0 Å². The molecule has 1 rings (SSSR count). The molecule has 0 aliphatic carbocycles. The minimum Gasteiger partial charge on any atom is -0.395 e. The standard InChI is InChI=1S/C15H25NO/c1-15(2,3)9-10-16-14(12-17)11-13-7-5-4-6-8-13/h4-8,14,16-17H,9-12H2,1-3H3. The zero-order valence-electron chi connectivity index (χ0n) is 11.2. The average molecular weight is 235 g/mol. The van der Waals surface area contributed by atoms with Crippen molar-refractivity contribution in [2.24, 2.45) is 5.41 Å². The predicted molar refractivity (Wildman–Crippen MR) is 73.1 cm³/mol. The maximum atomic E-state index is 9.35. The number of benzene rings is 1. The van der Waals surface area contributed by atoms with Gasteiger partial charge in [0.25, 0.3) is 0 Å². The van der Waals surface area contributed by atoms with E-state index in [4.69, 9.17) is 0 Å². The molecule has 96 valence electrons. The normalized spacial score (nSPS) is 13.6. The van der Waals surface area contributed by atoms with Gasteiger partial charge >= 0.3 is 0 Å². The first-order chi connectivity index (χ1) is 8.01. The minimum absolute atomic E-state index is 0.166. The lowest BCUT2D eigenvalue weighted by Crippen LogP contribution is -2.36. The van der Waals surface area contributed by atoms with Crippen molar-refractivity contribution in [2.75, 3.05) is 13.2 Å². The molecule has 2 heteroatoms. The highest BCUT2D eigenvalue weighted by atomic mass is 16.3. The summed E-state index contributed by atoms with van der Waals surface area (Å²) in [7, 11) is 0. The summed E-state index contributed by atoms with van der Waals surface area (Å²) in [6.07, 6.45) is 2.01. The van der Waals surface area contributed by atoms with Crippen LogP contribution in [-0.4, -0.2) is 24.3 Å². The van der Waals surface area contributed by atoms with Crippen LogP contribution in [0.5, 0.6) is 0 Å². The average Bonchev–Trinajstić information content (AvgIpc) is 2.27. The summed E-state index contributed by atoms with van der Waals surface area (Å²) in [5.41, 5.74) is 1.62. The molecule has 0 aromatic heterocycles. The van der Waals surface area contributed by atoms with E-state index in [9.17, 15) is 5.11 Å². The van der Waals surface area contributed by atoms with Crippen LogP contribution in [-0.2, 0) is 6.42 Å². The molecule has 0 spiro atoms. The van der Waals surface area contributed by atoms with Gasteiger partial charge in [0.05, 0.1) is 6.61 Å².